The van der Waals surface area contributed by atoms with E-state index in [4.69, 9.17) is 32.7 Å². The summed E-state index contributed by atoms with van der Waals surface area (Å²) < 4.78 is 11.7. The lowest BCUT2D eigenvalue weighted by Gasteiger charge is -2.16. The van der Waals surface area contributed by atoms with E-state index in [1.54, 1.807) is 84.9 Å². The molecule has 0 aromatic heterocycles. The van der Waals surface area contributed by atoms with Crippen molar-refractivity contribution in [3.63, 3.8) is 0 Å². The molecule has 6 heteroatoms. The third-order valence-electron chi connectivity index (χ3n) is 4.79. The van der Waals surface area contributed by atoms with Crippen molar-refractivity contribution in [2.45, 2.75) is 0 Å². The summed E-state index contributed by atoms with van der Waals surface area (Å²) >= 11 is 12.1. The maximum atomic E-state index is 13.0. The van der Waals surface area contributed by atoms with Crippen LogP contribution in [-0.4, -0.2) is 11.9 Å². The van der Waals surface area contributed by atoms with Crippen molar-refractivity contribution in [3.05, 3.63) is 141 Å². The highest BCUT2D eigenvalue weighted by atomic mass is 35.5. The van der Waals surface area contributed by atoms with Gasteiger partial charge in [0.1, 0.15) is 0 Å². The summed E-state index contributed by atoms with van der Waals surface area (Å²) in [6.45, 7) is 0. The molecule has 0 heterocycles. The first kappa shape index (κ1) is 23.3. The zero-order chi connectivity index (χ0) is 23.9. The average molecular weight is 489 g/mol. The highest BCUT2D eigenvalue weighted by Crippen LogP contribution is 2.31. The Kier molecular flexibility index (Phi) is 7.43. The highest BCUT2D eigenvalue weighted by molar-refractivity contribution is 6.31. The Morgan fingerprint density at radius 3 is 1.18 bits per heavy atom. The molecule has 4 rings (SSSR count). The van der Waals surface area contributed by atoms with Crippen LogP contribution < -0.4 is 0 Å². The molecule has 0 fully saturated rings. The van der Waals surface area contributed by atoms with Crippen LogP contribution in [0.15, 0.2) is 109 Å². The van der Waals surface area contributed by atoms with Gasteiger partial charge in [-0.05, 0) is 36.4 Å². The molecule has 0 amide bonds. The number of carbonyl (C=O) groups excluding carboxylic acids is 2. The minimum atomic E-state index is -0.645. The molecule has 0 N–H and O–H groups in total. The largest absolute Gasteiger partial charge is 0.418 e. The van der Waals surface area contributed by atoms with Gasteiger partial charge in [0.25, 0.3) is 0 Å². The predicted octanol–water partition coefficient (Wildman–Crippen LogP) is 7.53. The molecule has 0 aliphatic heterocycles. The van der Waals surface area contributed by atoms with Crippen molar-refractivity contribution in [1.82, 2.24) is 0 Å². The predicted molar refractivity (Wildman–Crippen MR) is 133 cm³/mol. The molecule has 4 aromatic carbocycles. The Hall–Kier alpha value is -3.86. The first-order valence-corrected chi connectivity index (χ1v) is 11.1. The Morgan fingerprint density at radius 2 is 0.824 bits per heavy atom. The number of hydrogen-bond donors (Lipinski definition) is 0. The lowest BCUT2D eigenvalue weighted by atomic mass is 10.1. The second kappa shape index (κ2) is 10.8. The van der Waals surface area contributed by atoms with Crippen molar-refractivity contribution in [1.29, 1.82) is 0 Å². The Labute approximate surface area is 207 Å². The Morgan fingerprint density at radius 1 is 0.471 bits per heavy atom. The van der Waals surface area contributed by atoms with Crippen molar-refractivity contribution in [2.75, 3.05) is 0 Å². The van der Waals surface area contributed by atoms with E-state index >= 15 is 0 Å². The van der Waals surface area contributed by atoms with E-state index in [0.29, 0.717) is 21.2 Å². The van der Waals surface area contributed by atoms with E-state index in [1.807, 2.05) is 12.1 Å². The standard InChI is InChI=1S/C28H18Cl2O4/c29-23-15-7-13-21(17-23)27(31)33-25(19-9-3-1-4-10-19)26(20-11-5-2-6-12-20)34-28(32)22-14-8-16-24(30)18-22/h1-18H/b26-25-. The van der Waals surface area contributed by atoms with Gasteiger partial charge < -0.3 is 9.47 Å². The van der Waals surface area contributed by atoms with Crippen LogP contribution in [-0.2, 0) is 9.47 Å². The van der Waals surface area contributed by atoms with Crippen molar-refractivity contribution < 1.29 is 19.1 Å². The van der Waals surface area contributed by atoms with E-state index in [0.717, 1.165) is 0 Å². The first-order valence-electron chi connectivity index (χ1n) is 10.3. The number of benzene rings is 4. The molecule has 0 unspecified atom stereocenters. The fourth-order valence-corrected chi connectivity index (χ4v) is 3.57. The number of carbonyl (C=O) groups is 2. The van der Waals surface area contributed by atoms with Crippen LogP contribution in [0.1, 0.15) is 31.8 Å². The number of halogens is 2. The molecule has 0 aliphatic rings. The lowest BCUT2D eigenvalue weighted by Crippen LogP contribution is -2.11. The van der Waals surface area contributed by atoms with Gasteiger partial charge in [-0.15, -0.1) is 0 Å². The van der Waals surface area contributed by atoms with Gasteiger partial charge in [0, 0.05) is 21.2 Å². The van der Waals surface area contributed by atoms with Crippen molar-refractivity contribution >= 4 is 46.7 Å². The Balaban J connectivity index is 1.83. The van der Waals surface area contributed by atoms with E-state index in [2.05, 4.69) is 0 Å². The molecule has 4 aromatic rings. The molecule has 0 spiro atoms. The van der Waals surface area contributed by atoms with Gasteiger partial charge in [-0.25, -0.2) is 9.59 Å². The average Bonchev–Trinajstić information content (AvgIpc) is 2.87. The fourth-order valence-electron chi connectivity index (χ4n) is 3.19. The summed E-state index contributed by atoms with van der Waals surface area (Å²) in [5.41, 5.74) is 1.62. The summed E-state index contributed by atoms with van der Waals surface area (Å²) in [4.78, 5) is 26.1. The maximum absolute atomic E-state index is 13.0. The monoisotopic (exact) mass is 488 g/mol. The van der Waals surface area contributed by atoms with E-state index in [-0.39, 0.29) is 22.6 Å². The molecular weight excluding hydrogens is 471 g/mol. The molecule has 168 valence electrons. The van der Waals surface area contributed by atoms with E-state index < -0.39 is 11.9 Å². The van der Waals surface area contributed by atoms with Gasteiger partial charge in [-0.3, -0.25) is 0 Å². The molecule has 0 radical (unpaired) electrons. The molecule has 0 bridgehead atoms. The van der Waals surface area contributed by atoms with Gasteiger partial charge in [0.05, 0.1) is 11.1 Å². The first-order chi connectivity index (χ1) is 16.5. The second-order valence-corrected chi connectivity index (χ2v) is 8.06. The van der Waals surface area contributed by atoms with Gasteiger partial charge in [-0.1, -0.05) is 96.0 Å². The SMILES string of the molecule is O=C(O/C(=C(\OC(=O)c1cccc(Cl)c1)c1ccccc1)c1ccccc1)c1cccc(Cl)c1. The molecule has 0 atom stereocenters. The number of ether oxygens (including phenoxy) is 2. The molecule has 0 saturated carbocycles. The van der Waals surface area contributed by atoms with E-state index in [1.165, 1.54) is 12.1 Å². The quantitative estimate of drug-likeness (QED) is 0.160. The number of rotatable bonds is 6. The summed E-state index contributed by atoms with van der Waals surface area (Å²) in [5, 5.41) is 0.797. The summed E-state index contributed by atoms with van der Waals surface area (Å²) in [7, 11) is 0. The molecule has 0 saturated heterocycles. The maximum Gasteiger partial charge on any atom is 0.343 e. The molecule has 0 aliphatic carbocycles. The second-order valence-electron chi connectivity index (χ2n) is 7.19. The van der Waals surface area contributed by atoms with Gasteiger partial charge in [0.15, 0.2) is 11.5 Å². The van der Waals surface area contributed by atoms with Gasteiger partial charge in [0.2, 0.25) is 0 Å². The molecule has 4 nitrogen and oxygen atoms in total. The van der Waals surface area contributed by atoms with Crippen LogP contribution in [0.2, 0.25) is 10.0 Å². The van der Waals surface area contributed by atoms with Crippen LogP contribution in [0.5, 0.6) is 0 Å². The summed E-state index contributed by atoms with van der Waals surface area (Å²) in [6, 6.07) is 30.7. The third-order valence-corrected chi connectivity index (χ3v) is 5.26. The molecule has 34 heavy (non-hydrogen) atoms. The summed E-state index contributed by atoms with van der Waals surface area (Å²) in [6.07, 6.45) is 0. The highest BCUT2D eigenvalue weighted by Gasteiger charge is 2.23. The smallest absolute Gasteiger partial charge is 0.343 e. The zero-order valence-electron chi connectivity index (χ0n) is 17.8. The fraction of sp³-hybridized carbons (Fsp3) is 0. The lowest BCUT2D eigenvalue weighted by molar-refractivity contribution is 0.0647. The zero-order valence-corrected chi connectivity index (χ0v) is 19.3. The van der Waals surface area contributed by atoms with Crippen molar-refractivity contribution in [2.24, 2.45) is 0 Å². The molecular formula is C28H18Cl2O4. The van der Waals surface area contributed by atoms with Crippen LogP contribution in [0.3, 0.4) is 0 Å². The number of esters is 2. The third kappa shape index (κ3) is 5.73. The van der Waals surface area contributed by atoms with Crippen LogP contribution in [0, 0.1) is 0 Å². The summed E-state index contributed by atoms with van der Waals surface area (Å²) in [5.74, 6) is -1.11. The van der Waals surface area contributed by atoms with Gasteiger partial charge >= 0.3 is 11.9 Å². The van der Waals surface area contributed by atoms with E-state index in [9.17, 15) is 9.59 Å². The Bertz CT molecular complexity index is 1240. The van der Waals surface area contributed by atoms with Crippen LogP contribution in [0.4, 0.5) is 0 Å². The number of hydrogen-bond acceptors (Lipinski definition) is 4. The van der Waals surface area contributed by atoms with Crippen LogP contribution in [0.25, 0.3) is 11.5 Å². The van der Waals surface area contributed by atoms with Crippen molar-refractivity contribution in [3.8, 4) is 0 Å². The van der Waals surface area contributed by atoms with Gasteiger partial charge in [-0.2, -0.15) is 0 Å². The topological polar surface area (TPSA) is 52.6 Å². The normalized spacial score (nSPS) is 11.4. The minimum Gasteiger partial charge on any atom is -0.418 e. The van der Waals surface area contributed by atoms with Crippen LogP contribution >= 0.6 is 23.2 Å². The minimum absolute atomic E-state index is 0.0900.